The Balaban J connectivity index is 2.25. The van der Waals surface area contributed by atoms with Crippen LogP contribution in [0.25, 0.3) is 0 Å². The minimum atomic E-state index is -0.555. The van der Waals surface area contributed by atoms with E-state index in [0.717, 1.165) is 32.5 Å². The van der Waals surface area contributed by atoms with Crippen molar-refractivity contribution in [1.29, 1.82) is 0 Å². The van der Waals surface area contributed by atoms with E-state index >= 15 is 0 Å². The molecule has 1 N–H and O–H groups in total. The van der Waals surface area contributed by atoms with Crippen molar-refractivity contribution in [1.82, 2.24) is 4.90 Å². The van der Waals surface area contributed by atoms with E-state index in [1.165, 1.54) is 6.42 Å². The predicted molar refractivity (Wildman–Crippen MR) is 57.4 cm³/mol. The van der Waals surface area contributed by atoms with Crippen LogP contribution in [0.2, 0.25) is 0 Å². The van der Waals surface area contributed by atoms with Crippen LogP contribution in [-0.4, -0.2) is 48.5 Å². The number of ether oxygens (including phenoxy) is 1. The molecule has 84 valence electrons. The van der Waals surface area contributed by atoms with Crippen molar-refractivity contribution >= 4 is 0 Å². The van der Waals surface area contributed by atoms with Crippen molar-refractivity contribution in [2.75, 3.05) is 32.8 Å². The quantitative estimate of drug-likeness (QED) is 0.727. The van der Waals surface area contributed by atoms with Gasteiger partial charge in [0.1, 0.15) is 0 Å². The van der Waals surface area contributed by atoms with Gasteiger partial charge in [-0.15, -0.1) is 0 Å². The molecule has 1 rings (SSSR count). The molecule has 0 aromatic rings. The van der Waals surface area contributed by atoms with Crippen molar-refractivity contribution in [3.8, 4) is 0 Å². The lowest BCUT2D eigenvalue weighted by Gasteiger charge is -2.37. The van der Waals surface area contributed by atoms with E-state index in [1.807, 2.05) is 6.92 Å². The Hall–Kier alpha value is -0.120. The molecule has 14 heavy (non-hydrogen) atoms. The van der Waals surface area contributed by atoms with E-state index in [9.17, 15) is 5.11 Å². The van der Waals surface area contributed by atoms with Crippen LogP contribution in [0.4, 0.5) is 0 Å². The van der Waals surface area contributed by atoms with Gasteiger partial charge in [-0.2, -0.15) is 0 Å². The van der Waals surface area contributed by atoms with Crippen LogP contribution in [0.1, 0.15) is 33.1 Å². The fraction of sp³-hybridized carbons (Fsp3) is 1.00. The monoisotopic (exact) mass is 201 g/mol. The normalized spacial score (nSPS) is 22.5. The highest BCUT2D eigenvalue weighted by Gasteiger charge is 2.31. The van der Waals surface area contributed by atoms with Gasteiger partial charge in [0.15, 0.2) is 0 Å². The highest BCUT2D eigenvalue weighted by atomic mass is 16.5. The molecule has 1 saturated heterocycles. The van der Waals surface area contributed by atoms with E-state index in [2.05, 4.69) is 11.8 Å². The van der Waals surface area contributed by atoms with Gasteiger partial charge in [-0.05, 0) is 32.7 Å². The molecule has 0 aliphatic carbocycles. The second-order valence-corrected chi connectivity index (χ2v) is 4.20. The van der Waals surface area contributed by atoms with Crippen molar-refractivity contribution in [2.24, 2.45) is 0 Å². The number of aliphatic hydroxyl groups is 1. The van der Waals surface area contributed by atoms with Gasteiger partial charge in [-0.3, -0.25) is 0 Å². The lowest BCUT2D eigenvalue weighted by atomic mass is 9.92. The van der Waals surface area contributed by atoms with Gasteiger partial charge in [0.25, 0.3) is 0 Å². The van der Waals surface area contributed by atoms with E-state index in [0.29, 0.717) is 13.2 Å². The Labute approximate surface area is 87.1 Å². The van der Waals surface area contributed by atoms with Crippen LogP contribution in [0.3, 0.4) is 0 Å². The molecule has 3 heteroatoms. The first-order valence-corrected chi connectivity index (χ1v) is 5.72. The van der Waals surface area contributed by atoms with Crippen molar-refractivity contribution in [3.05, 3.63) is 0 Å². The summed E-state index contributed by atoms with van der Waals surface area (Å²) in [6, 6.07) is 0. The largest absolute Gasteiger partial charge is 0.387 e. The highest BCUT2D eigenvalue weighted by molar-refractivity contribution is 4.85. The van der Waals surface area contributed by atoms with Gasteiger partial charge >= 0.3 is 0 Å². The fourth-order valence-electron chi connectivity index (χ4n) is 1.95. The molecule has 0 radical (unpaired) electrons. The molecule has 1 aliphatic heterocycles. The Morgan fingerprint density at radius 2 is 1.93 bits per heavy atom. The SMILES string of the molecule is CCCN1CCC(O)(COCC)CC1. The first-order valence-electron chi connectivity index (χ1n) is 5.72. The predicted octanol–water partition coefficient (Wildman–Crippen LogP) is 1.26. The summed E-state index contributed by atoms with van der Waals surface area (Å²) < 4.78 is 5.30. The van der Waals surface area contributed by atoms with Gasteiger partial charge in [0.05, 0.1) is 12.2 Å². The summed E-state index contributed by atoms with van der Waals surface area (Å²) in [5.41, 5.74) is -0.555. The standard InChI is InChI=1S/C11H23NO2/c1-3-7-12-8-5-11(13,6-9-12)10-14-4-2/h13H,3-10H2,1-2H3. The smallest absolute Gasteiger partial charge is 0.0904 e. The summed E-state index contributed by atoms with van der Waals surface area (Å²) >= 11 is 0. The average Bonchev–Trinajstić information content (AvgIpc) is 2.20. The zero-order valence-corrected chi connectivity index (χ0v) is 9.46. The third kappa shape index (κ3) is 3.56. The lowest BCUT2D eigenvalue weighted by molar-refractivity contribution is -0.0792. The van der Waals surface area contributed by atoms with Crippen LogP contribution < -0.4 is 0 Å². The van der Waals surface area contributed by atoms with Crippen molar-refractivity contribution < 1.29 is 9.84 Å². The lowest BCUT2D eigenvalue weighted by Crippen LogP contribution is -2.47. The summed E-state index contributed by atoms with van der Waals surface area (Å²) in [5, 5.41) is 10.1. The third-order valence-corrected chi connectivity index (χ3v) is 2.90. The third-order valence-electron chi connectivity index (χ3n) is 2.90. The maximum absolute atomic E-state index is 10.1. The Kier molecular flexibility index (Phi) is 4.85. The van der Waals surface area contributed by atoms with E-state index < -0.39 is 5.60 Å². The molecule has 0 saturated carbocycles. The molecule has 0 aromatic carbocycles. The Morgan fingerprint density at radius 3 is 2.43 bits per heavy atom. The van der Waals surface area contributed by atoms with Crippen LogP contribution >= 0.6 is 0 Å². The molecule has 0 aromatic heterocycles. The van der Waals surface area contributed by atoms with Gasteiger partial charge in [-0.1, -0.05) is 6.92 Å². The van der Waals surface area contributed by atoms with E-state index in [1.54, 1.807) is 0 Å². The number of piperidine rings is 1. The fourth-order valence-corrected chi connectivity index (χ4v) is 1.95. The molecule has 0 spiro atoms. The first kappa shape index (κ1) is 12.0. The molecule has 1 aliphatic rings. The zero-order valence-electron chi connectivity index (χ0n) is 9.46. The Bertz CT molecular complexity index is 153. The molecule has 0 atom stereocenters. The summed E-state index contributed by atoms with van der Waals surface area (Å²) in [7, 11) is 0. The van der Waals surface area contributed by atoms with Crippen LogP contribution in [0.15, 0.2) is 0 Å². The molecular formula is C11H23NO2. The summed E-state index contributed by atoms with van der Waals surface area (Å²) in [5.74, 6) is 0. The molecule has 3 nitrogen and oxygen atoms in total. The van der Waals surface area contributed by atoms with E-state index in [4.69, 9.17) is 4.74 Å². The number of hydrogen-bond donors (Lipinski definition) is 1. The van der Waals surface area contributed by atoms with Gasteiger partial charge in [0.2, 0.25) is 0 Å². The second kappa shape index (κ2) is 5.69. The minimum absolute atomic E-state index is 0.503. The maximum Gasteiger partial charge on any atom is 0.0904 e. The van der Waals surface area contributed by atoms with Crippen molar-refractivity contribution in [2.45, 2.75) is 38.7 Å². The maximum atomic E-state index is 10.1. The first-order chi connectivity index (χ1) is 6.70. The molecule has 0 amide bonds. The molecular weight excluding hydrogens is 178 g/mol. The Morgan fingerprint density at radius 1 is 1.29 bits per heavy atom. The number of hydrogen-bond acceptors (Lipinski definition) is 3. The highest BCUT2D eigenvalue weighted by Crippen LogP contribution is 2.22. The van der Waals surface area contributed by atoms with Gasteiger partial charge in [-0.25, -0.2) is 0 Å². The van der Waals surface area contributed by atoms with Crippen LogP contribution in [0.5, 0.6) is 0 Å². The molecule has 0 unspecified atom stereocenters. The van der Waals surface area contributed by atoms with Crippen LogP contribution in [-0.2, 0) is 4.74 Å². The second-order valence-electron chi connectivity index (χ2n) is 4.20. The molecule has 1 fully saturated rings. The minimum Gasteiger partial charge on any atom is -0.387 e. The molecule has 1 heterocycles. The van der Waals surface area contributed by atoms with Gasteiger partial charge in [0, 0.05) is 19.7 Å². The number of nitrogens with zero attached hydrogens (tertiary/aromatic N) is 1. The van der Waals surface area contributed by atoms with Crippen LogP contribution in [0, 0.1) is 0 Å². The summed E-state index contributed by atoms with van der Waals surface area (Å²) in [6.45, 7) is 8.54. The van der Waals surface area contributed by atoms with Gasteiger partial charge < -0.3 is 14.7 Å². The average molecular weight is 201 g/mol. The summed E-state index contributed by atoms with van der Waals surface area (Å²) in [6.07, 6.45) is 2.91. The zero-order chi connectivity index (χ0) is 10.4. The summed E-state index contributed by atoms with van der Waals surface area (Å²) in [4.78, 5) is 2.42. The topological polar surface area (TPSA) is 32.7 Å². The number of likely N-dealkylation sites (tertiary alicyclic amines) is 1. The molecule has 0 bridgehead atoms. The van der Waals surface area contributed by atoms with Crippen molar-refractivity contribution in [3.63, 3.8) is 0 Å². The number of rotatable bonds is 5. The van der Waals surface area contributed by atoms with E-state index in [-0.39, 0.29) is 0 Å².